The molecule has 2 nitrogen and oxygen atoms in total. The average molecular weight is 355 g/mol. The van der Waals surface area contributed by atoms with Gasteiger partial charge in [0.25, 0.3) is 0 Å². The topological polar surface area (TPSA) is 15.3 Å². The average Bonchev–Trinajstić information content (AvgIpc) is 2.39. The summed E-state index contributed by atoms with van der Waals surface area (Å²) in [5.74, 6) is -0.127. The van der Waals surface area contributed by atoms with Crippen LogP contribution in [-0.4, -0.2) is 30.1 Å². The first-order chi connectivity index (χ1) is 10.0. The molecule has 2 aliphatic heterocycles. The molecule has 1 aromatic carbocycles. The van der Waals surface area contributed by atoms with Crippen molar-refractivity contribution in [3.63, 3.8) is 0 Å². The zero-order valence-corrected chi connectivity index (χ0v) is 14.4. The fraction of sp³-hybridized carbons (Fsp3) is 0.647. The van der Waals surface area contributed by atoms with E-state index in [1.54, 1.807) is 6.07 Å². The van der Waals surface area contributed by atoms with Crippen molar-refractivity contribution in [3.8, 4) is 0 Å². The number of nitrogens with one attached hydrogen (secondary N) is 1. The number of halogens is 2. The van der Waals surface area contributed by atoms with Gasteiger partial charge in [0.1, 0.15) is 5.82 Å². The molecule has 3 unspecified atom stereocenters. The van der Waals surface area contributed by atoms with Crippen LogP contribution in [0.25, 0.3) is 0 Å². The van der Waals surface area contributed by atoms with E-state index in [0.29, 0.717) is 18.1 Å². The Labute approximate surface area is 135 Å². The van der Waals surface area contributed by atoms with Gasteiger partial charge in [-0.05, 0) is 51.8 Å². The Hall–Kier alpha value is -0.450. The Morgan fingerprint density at radius 2 is 1.95 bits per heavy atom. The van der Waals surface area contributed by atoms with Crippen LogP contribution < -0.4 is 5.32 Å². The van der Waals surface area contributed by atoms with Crippen molar-refractivity contribution in [1.29, 1.82) is 0 Å². The summed E-state index contributed by atoms with van der Waals surface area (Å²) in [6, 6.07) is 7.33. The summed E-state index contributed by atoms with van der Waals surface area (Å²) in [6.07, 6.45) is 6.37. The van der Waals surface area contributed by atoms with Crippen LogP contribution in [0, 0.1) is 5.82 Å². The number of fused-ring (bicyclic) bond motifs is 2. The summed E-state index contributed by atoms with van der Waals surface area (Å²) in [4.78, 5) is 2.56. The van der Waals surface area contributed by atoms with E-state index in [1.165, 1.54) is 32.1 Å². The van der Waals surface area contributed by atoms with Gasteiger partial charge < -0.3 is 10.2 Å². The molecule has 116 valence electrons. The SMILES string of the molecule is CC(NC1CC2CCCC(C1)N2C)c1ccc(Br)cc1F. The van der Waals surface area contributed by atoms with Gasteiger partial charge in [-0.2, -0.15) is 0 Å². The van der Waals surface area contributed by atoms with E-state index in [4.69, 9.17) is 0 Å². The Morgan fingerprint density at radius 3 is 2.57 bits per heavy atom. The van der Waals surface area contributed by atoms with Crippen molar-refractivity contribution in [2.24, 2.45) is 0 Å². The fourth-order valence-corrected chi connectivity index (χ4v) is 4.38. The molecule has 0 aromatic heterocycles. The molecule has 2 heterocycles. The van der Waals surface area contributed by atoms with Crippen LogP contribution in [0.2, 0.25) is 0 Å². The first-order valence-electron chi connectivity index (χ1n) is 7.97. The first-order valence-corrected chi connectivity index (χ1v) is 8.77. The van der Waals surface area contributed by atoms with Crippen molar-refractivity contribution in [3.05, 3.63) is 34.1 Å². The number of nitrogens with zero attached hydrogens (tertiary/aromatic N) is 1. The number of hydrogen-bond acceptors (Lipinski definition) is 2. The Balaban J connectivity index is 1.66. The Kier molecular flexibility index (Phi) is 4.67. The minimum absolute atomic E-state index is 0.0623. The molecule has 1 N–H and O–H groups in total. The van der Waals surface area contributed by atoms with E-state index in [1.807, 2.05) is 12.1 Å². The van der Waals surface area contributed by atoms with Crippen molar-refractivity contribution < 1.29 is 4.39 Å². The predicted octanol–water partition coefficient (Wildman–Crippen LogP) is 4.25. The van der Waals surface area contributed by atoms with Gasteiger partial charge in [-0.3, -0.25) is 0 Å². The van der Waals surface area contributed by atoms with Gasteiger partial charge >= 0.3 is 0 Å². The van der Waals surface area contributed by atoms with Crippen molar-refractivity contribution in [2.45, 2.75) is 63.2 Å². The van der Waals surface area contributed by atoms with Crippen LogP contribution in [0.5, 0.6) is 0 Å². The molecular weight excluding hydrogens is 331 g/mol. The van der Waals surface area contributed by atoms with E-state index in [9.17, 15) is 4.39 Å². The predicted molar refractivity (Wildman–Crippen MR) is 87.9 cm³/mol. The van der Waals surface area contributed by atoms with Crippen molar-refractivity contribution in [2.75, 3.05) is 7.05 Å². The zero-order chi connectivity index (χ0) is 15.0. The lowest BCUT2D eigenvalue weighted by Gasteiger charge is -2.47. The van der Waals surface area contributed by atoms with Crippen LogP contribution in [0.15, 0.2) is 22.7 Å². The lowest BCUT2D eigenvalue weighted by Crippen LogP contribution is -2.54. The highest BCUT2D eigenvalue weighted by Crippen LogP contribution is 2.33. The van der Waals surface area contributed by atoms with E-state index in [2.05, 4.69) is 40.1 Å². The van der Waals surface area contributed by atoms with Gasteiger partial charge in [0, 0.05) is 34.2 Å². The maximum atomic E-state index is 14.1. The van der Waals surface area contributed by atoms with E-state index < -0.39 is 0 Å². The normalized spacial score (nSPS) is 31.1. The third-order valence-corrected chi connectivity index (χ3v) is 5.75. The van der Waals surface area contributed by atoms with Gasteiger partial charge in [0.05, 0.1) is 0 Å². The second-order valence-corrected chi connectivity index (χ2v) is 7.54. The molecule has 0 saturated carbocycles. The first kappa shape index (κ1) is 15.4. The lowest BCUT2D eigenvalue weighted by atomic mass is 9.82. The van der Waals surface area contributed by atoms with E-state index in [-0.39, 0.29) is 11.9 Å². The summed E-state index contributed by atoms with van der Waals surface area (Å²) in [5.41, 5.74) is 0.766. The molecule has 3 rings (SSSR count). The monoisotopic (exact) mass is 354 g/mol. The van der Waals surface area contributed by atoms with Crippen LogP contribution in [-0.2, 0) is 0 Å². The second-order valence-electron chi connectivity index (χ2n) is 6.63. The molecular formula is C17H24BrFN2. The molecule has 0 radical (unpaired) electrons. The standard InChI is InChI=1S/C17H24BrFN2/c1-11(16-7-6-12(18)8-17(16)19)20-13-9-14-4-3-5-15(10-13)21(14)2/h6-8,11,13-15,20H,3-5,9-10H2,1-2H3. The van der Waals surface area contributed by atoms with E-state index >= 15 is 0 Å². The highest BCUT2D eigenvalue weighted by Gasteiger charge is 2.36. The maximum Gasteiger partial charge on any atom is 0.129 e. The smallest absolute Gasteiger partial charge is 0.129 e. The third-order valence-electron chi connectivity index (χ3n) is 5.25. The van der Waals surface area contributed by atoms with Crippen LogP contribution in [0.4, 0.5) is 4.39 Å². The molecule has 2 bridgehead atoms. The molecule has 3 atom stereocenters. The molecule has 21 heavy (non-hydrogen) atoms. The molecule has 4 heteroatoms. The molecule has 2 fully saturated rings. The summed E-state index contributed by atoms with van der Waals surface area (Å²) < 4.78 is 14.9. The summed E-state index contributed by atoms with van der Waals surface area (Å²) in [6.45, 7) is 2.07. The zero-order valence-electron chi connectivity index (χ0n) is 12.8. The maximum absolute atomic E-state index is 14.1. The van der Waals surface area contributed by atoms with Gasteiger partial charge in [0.15, 0.2) is 0 Å². The molecule has 0 spiro atoms. The number of benzene rings is 1. The number of piperidine rings is 2. The molecule has 2 saturated heterocycles. The van der Waals surface area contributed by atoms with Gasteiger partial charge in [-0.25, -0.2) is 4.39 Å². The summed E-state index contributed by atoms with van der Waals surface area (Å²) in [5, 5.41) is 3.66. The minimum atomic E-state index is -0.127. The summed E-state index contributed by atoms with van der Waals surface area (Å²) >= 11 is 3.32. The Bertz CT molecular complexity index is 494. The van der Waals surface area contributed by atoms with Crippen molar-refractivity contribution in [1.82, 2.24) is 10.2 Å². The lowest BCUT2D eigenvalue weighted by molar-refractivity contribution is 0.0462. The van der Waals surface area contributed by atoms with E-state index in [0.717, 1.165) is 10.0 Å². The third kappa shape index (κ3) is 3.33. The highest BCUT2D eigenvalue weighted by molar-refractivity contribution is 9.10. The highest BCUT2D eigenvalue weighted by atomic mass is 79.9. The van der Waals surface area contributed by atoms with Gasteiger partial charge in [-0.1, -0.05) is 28.4 Å². The second kappa shape index (κ2) is 6.35. The number of rotatable bonds is 3. The van der Waals surface area contributed by atoms with Crippen LogP contribution in [0.1, 0.15) is 50.6 Å². The molecule has 1 aromatic rings. The minimum Gasteiger partial charge on any atom is -0.307 e. The van der Waals surface area contributed by atoms with Crippen LogP contribution in [0.3, 0.4) is 0 Å². The van der Waals surface area contributed by atoms with Gasteiger partial charge in [0.2, 0.25) is 0 Å². The molecule has 0 aliphatic carbocycles. The molecule has 2 aliphatic rings. The largest absolute Gasteiger partial charge is 0.307 e. The van der Waals surface area contributed by atoms with Crippen molar-refractivity contribution >= 4 is 15.9 Å². The Morgan fingerprint density at radius 1 is 1.29 bits per heavy atom. The fourth-order valence-electron chi connectivity index (χ4n) is 4.05. The number of hydrogen-bond donors (Lipinski definition) is 1. The summed E-state index contributed by atoms with van der Waals surface area (Å²) in [7, 11) is 2.27. The molecule has 0 amide bonds. The van der Waals surface area contributed by atoms with Crippen LogP contribution >= 0.6 is 15.9 Å². The quantitative estimate of drug-likeness (QED) is 0.872. The van der Waals surface area contributed by atoms with Gasteiger partial charge in [-0.15, -0.1) is 0 Å².